The summed E-state index contributed by atoms with van der Waals surface area (Å²) in [6, 6.07) is 0. The van der Waals surface area contributed by atoms with E-state index in [0.29, 0.717) is 0 Å². The first-order valence-electron chi connectivity index (χ1n) is 10.00. The summed E-state index contributed by atoms with van der Waals surface area (Å²) < 4.78 is 6.57. The number of rotatable bonds is 2. The van der Waals surface area contributed by atoms with Gasteiger partial charge in [-0.15, -0.1) is 0 Å². The van der Waals surface area contributed by atoms with Crippen LogP contribution in [0, 0.1) is 11.8 Å². The Morgan fingerprint density at radius 2 is 1.19 bits per heavy atom. The molecule has 0 saturated carbocycles. The second-order valence-corrected chi connectivity index (χ2v) is 14.4. The van der Waals surface area contributed by atoms with Crippen LogP contribution in [0.25, 0.3) is 0 Å². The molecular weight excluding hydrogens is 438 g/mol. The molecule has 0 spiro atoms. The van der Waals surface area contributed by atoms with Crippen LogP contribution in [-0.2, 0) is 21.3 Å². The second kappa shape index (κ2) is 8.75. The Kier molecular flexibility index (Phi) is 7.60. The van der Waals surface area contributed by atoms with Crippen molar-refractivity contribution in [3.8, 4) is 0 Å². The van der Waals surface area contributed by atoms with Crippen molar-refractivity contribution in [1.29, 1.82) is 0 Å². The van der Waals surface area contributed by atoms with Crippen molar-refractivity contribution in [2.24, 2.45) is 11.8 Å². The van der Waals surface area contributed by atoms with Gasteiger partial charge in [0.25, 0.3) is 0 Å². The third kappa shape index (κ3) is 3.63. The van der Waals surface area contributed by atoms with E-state index in [2.05, 4.69) is 39.8 Å². The molecule has 0 aromatic rings. The topological polar surface area (TPSA) is 0 Å². The van der Waals surface area contributed by atoms with Gasteiger partial charge in [-0.1, -0.05) is 0 Å². The zero-order valence-corrected chi connectivity index (χ0v) is 20.6. The molecule has 0 radical (unpaired) electrons. The van der Waals surface area contributed by atoms with E-state index in [1.807, 2.05) is 11.1 Å². The summed E-state index contributed by atoms with van der Waals surface area (Å²) in [4.78, 5) is 0. The fourth-order valence-corrected chi connectivity index (χ4v) is 13.8. The molecule has 0 aliphatic heterocycles. The third-order valence-corrected chi connectivity index (χ3v) is 14.7. The van der Waals surface area contributed by atoms with Crippen molar-refractivity contribution in [2.75, 3.05) is 0 Å². The van der Waals surface area contributed by atoms with Crippen LogP contribution >= 0.6 is 0 Å². The van der Waals surface area contributed by atoms with E-state index in [4.69, 9.17) is 4.21 Å². The maximum atomic E-state index is 4.98. The zero-order chi connectivity index (χ0) is 17.0. The van der Waals surface area contributed by atoms with E-state index in [9.17, 15) is 0 Å². The molecular formula is C23H32Cl2Zr. The van der Waals surface area contributed by atoms with Gasteiger partial charge in [-0.2, -0.15) is 0 Å². The molecule has 142 valence electrons. The number of allylic oxidation sites excluding steroid dienone is 8. The Hall–Kier alpha value is 0.293. The van der Waals surface area contributed by atoms with Gasteiger partial charge in [-0.3, -0.25) is 0 Å². The summed E-state index contributed by atoms with van der Waals surface area (Å²) in [6.45, 7) is 9.70. The van der Waals surface area contributed by atoms with Crippen LogP contribution < -0.4 is 24.8 Å². The molecule has 0 aromatic carbocycles. The molecule has 0 heterocycles. The third-order valence-electron chi connectivity index (χ3n) is 7.09. The SMILES string of the molecule is [CH2]=[Zr+2]([CH]1C(C)=CC2=C1CCCC2C)[CH]1C(C)=CC2=C1CCCC2C.[Cl-].[Cl-]. The van der Waals surface area contributed by atoms with Gasteiger partial charge in [-0.05, 0) is 0 Å². The number of hydrogen-bond donors (Lipinski definition) is 0. The van der Waals surface area contributed by atoms with E-state index < -0.39 is 21.3 Å². The van der Waals surface area contributed by atoms with Crippen molar-refractivity contribution in [3.63, 3.8) is 0 Å². The number of halogens is 2. The fraction of sp³-hybridized carbons (Fsp3) is 0.609. The molecule has 4 aliphatic carbocycles. The Morgan fingerprint density at radius 3 is 1.58 bits per heavy atom. The van der Waals surface area contributed by atoms with Gasteiger partial charge in [-0.25, -0.2) is 0 Å². The Bertz CT molecular complexity index is 662. The first kappa shape index (κ1) is 22.6. The first-order chi connectivity index (χ1) is 11.5. The molecule has 0 fully saturated rings. The minimum Gasteiger partial charge on any atom is -1.00 e. The molecule has 3 heteroatoms. The van der Waals surface area contributed by atoms with Crippen molar-refractivity contribution in [2.45, 2.75) is 73.5 Å². The van der Waals surface area contributed by atoms with Gasteiger partial charge in [0.2, 0.25) is 0 Å². The first-order valence-corrected chi connectivity index (χ1v) is 14.6. The van der Waals surface area contributed by atoms with Crippen molar-refractivity contribution >= 4 is 4.21 Å². The molecule has 0 nitrogen and oxygen atoms in total. The van der Waals surface area contributed by atoms with Crippen LogP contribution in [0.5, 0.6) is 0 Å². The molecule has 26 heavy (non-hydrogen) atoms. The predicted octanol–water partition coefficient (Wildman–Crippen LogP) is 0.775. The second-order valence-electron chi connectivity index (χ2n) is 8.77. The van der Waals surface area contributed by atoms with Crippen LogP contribution in [0.15, 0.2) is 45.6 Å². The Morgan fingerprint density at radius 1 is 0.808 bits per heavy atom. The normalized spacial score (nSPS) is 32.6. The molecule has 4 rings (SSSR count). The largest absolute Gasteiger partial charge is 1.00 e. The molecule has 0 saturated heterocycles. The van der Waals surface area contributed by atoms with E-state index in [0.717, 1.165) is 19.1 Å². The summed E-state index contributed by atoms with van der Waals surface area (Å²) in [5.41, 5.74) is 10.4. The average Bonchev–Trinajstić information content (AvgIpc) is 3.05. The predicted molar refractivity (Wildman–Crippen MR) is 102 cm³/mol. The summed E-state index contributed by atoms with van der Waals surface area (Å²) >= 11 is -1.85. The fourth-order valence-electron chi connectivity index (χ4n) is 5.93. The van der Waals surface area contributed by atoms with Gasteiger partial charge in [0.05, 0.1) is 0 Å². The van der Waals surface area contributed by atoms with Gasteiger partial charge in [0.15, 0.2) is 0 Å². The molecule has 4 atom stereocenters. The maximum Gasteiger partial charge on any atom is -1.00 e. The molecule has 0 N–H and O–H groups in total. The van der Waals surface area contributed by atoms with Crippen LogP contribution in [0.1, 0.15) is 66.2 Å². The Balaban J connectivity index is 0.00000121. The van der Waals surface area contributed by atoms with Crippen molar-refractivity contribution < 1.29 is 46.1 Å². The smallest absolute Gasteiger partial charge is 1.00 e. The zero-order valence-electron chi connectivity index (χ0n) is 16.7. The standard InChI is InChI=1S/2C11H15.CH2.2ClH.Zr/c2*1-8-6-10-5-3-4-9(2)11(10)7-8;;;;/h2*6-7,9H,3-5H2,1-2H3;1H2;2*1H;/q;;;;;+2/p-2. The maximum absolute atomic E-state index is 4.98. The van der Waals surface area contributed by atoms with Gasteiger partial charge < -0.3 is 24.8 Å². The minimum absolute atomic E-state index is 0. The Labute approximate surface area is 180 Å². The van der Waals surface area contributed by atoms with E-state index in [1.54, 1.807) is 22.3 Å². The van der Waals surface area contributed by atoms with Crippen LogP contribution in [0.2, 0.25) is 7.25 Å². The van der Waals surface area contributed by atoms with Crippen LogP contribution in [0.3, 0.4) is 0 Å². The van der Waals surface area contributed by atoms with Gasteiger partial charge in [0, 0.05) is 0 Å². The molecule has 4 aliphatic rings. The number of hydrogen-bond acceptors (Lipinski definition) is 0. The van der Waals surface area contributed by atoms with E-state index >= 15 is 0 Å². The molecule has 0 amide bonds. The van der Waals surface area contributed by atoms with Crippen LogP contribution in [0.4, 0.5) is 0 Å². The molecule has 0 aromatic heterocycles. The minimum atomic E-state index is -1.85. The monoisotopic (exact) mass is 468 g/mol. The van der Waals surface area contributed by atoms with Crippen molar-refractivity contribution in [1.82, 2.24) is 0 Å². The summed E-state index contributed by atoms with van der Waals surface area (Å²) in [5, 5.41) is 0. The van der Waals surface area contributed by atoms with Crippen LogP contribution in [-0.4, -0.2) is 4.21 Å². The van der Waals surface area contributed by atoms with E-state index in [-0.39, 0.29) is 24.8 Å². The molecule has 0 bridgehead atoms. The summed E-state index contributed by atoms with van der Waals surface area (Å²) in [5.74, 6) is 1.57. The summed E-state index contributed by atoms with van der Waals surface area (Å²) in [6.07, 6.45) is 13.4. The van der Waals surface area contributed by atoms with Crippen molar-refractivity contribution in [3.05, 3.63) is 45.6 Å². The van der Waals surface area contributed by atoms with Gasteiger partial charge in [0.1, 0.15) is 0 Å². The molecule has 4 unspecified atom stereocenters. The summed E-state index contributed by atoms with van der Waals surface area (Å²) in [7, 11) is 0. The van der Waals surface area contributed by atoms with Gasteiger partial charge >= 0.3 is 156 Å². The average molecular weight is 471 g/mol. The van der Waals surface area contributed by atoms with E-state index in [1.165, 1.54) is 38.5 Å². The quantitative estimate of drug-likeness (QED) is 0.560.